The molecule has 0 saturated carbocycles. The number of piperazine rings is 1. The lowest BCUT2D eigenvalue weighted by Gasteiger charge is -2.34. The van der Waals surface area contributed by atoms with Gasteiger partial charge >= 0.3 is 0 Å². The Bertz CT molecular complexity index is 1360. The van der Waals surface area contributed by atoms with Crippen LogP contribution >= 0.6 is 11.6 Å². The molecule has 30 heavy (non-hydrogen) atoms. The van der Waals surface area contributed by atoms with Crippen LogP contribution < -0.4 is 4.90 Å². The van der Waals surface area contributed by atoms with Crippen LogP contribution in [0.15, 0.2) is 53.4 Å². The van der Waals surface area contributed by atoms with E-state index in [-0.39, 0.29) is 9.92 Å². The van der Waals surface area contributed by atoms with Crippen molar-refractivity contribution in [3.8, 4) is 0 Å². The molecule has 154 valence electrons. The van der Waals surface area contributed by atoms with Gasteiger partial charge < -0.3 is 4.90 Å². The first-order chi connectivity index (χ1) is 14.4. The molecule has 10 heteroatoms. The zero-order valence-corrected chi connectivity index (χ0v) is 17.8. The SMILES string of the molecule is Cc1nc2c3ccccc3nc(N3CCN(S(=O)(=O)c4ccccc4Cl)CC3)n2n1. The molecule has 0 radical (unpaired) electrons. The summed E-state index contributed by atoms with van der Waals surface area (Å²) < 4.78 is 29.3. The van der Waals surface area contributed by atoms with Crippen LogP contribution in [0, 0.1) is 6.92 Å². The zero-order chi connectivity index (χ0) is 20.9. The van der Waals surface area contributed by atoms with E-state index in [0.717, 1.165) is 16.6 Å². The maximum absolute atomic E-state index is 13.0. The smallest absolute Gasteiger partial charge is 0.244 e. The summed E-state index contributed by atoms with van der Waals surface area (Å²) in [6.45, 7) is 3.49. The number of fused-ring (bicyclic) bond motifs is 3. The minimum Gasteiger partial charge on any atom is -0.338 e. The predicted octanol–water partition coefficient (Wildman–Crippen LogP) is 2.75. The number of nitrogens with zero attached hydrogens (tertiary/aromatic N) is 6. The Kier molecular flexibility index (Phi) is 4.61. The van der Waals surface area contributed by atoms with E-state index in [1.165, 1.54) is 10.4 Å². The predicted molar refractivity (Wildman–Crippen MR) is 115 cm³/mol. The largest absolute Gasteiger partial charge is 0.338 e. The van der Waals surface area contributed by atoms with E-state index in [1.54, 1.807) is 22.7 Å². The molecule has 1 aliphatic rings. The second kappa shape index (κ2) is 7.19. The Balaban J connectivity index is 1.47. The number of benzene rings is 2. The van der Waals surface area contributed by atoms with Gasteiger partial charge in [0.05, 0.1) is 10.5 Å². The first-order valence-electron chi connectivity index (χ1n) is 9.57. The summed E-state index contributed by atoms with van der Waals surface area (Å²) in [5, 5.41) is 5.68. The van der Waals surface area contributed by atoms with Crippen LogP contribution in [-0.2, 0) is 10.0 Å². The summed E-state index contributed by atoms with van der Waals surface area (Å²) in [6.07, 6.45) is 0. The molecule has 3 heterocycles. The Morgan fingerprint density at radius 3 is 2.40 bits per heavy atom. The lowest BCUT2D eigenvalue weighted by molar-refractivity contribution is 0.382. The highest BCUT2D eigenvalue weighted by Gasteiger charge is 2.31. The third-order valence-electron chi connectivity index (χ3n) is 5.24. The molecule has 5 rings (SSSR count). The van der Waals surface area contributed by atoms with E-state index in [4.69, 9.17) is 16.6 Å². The number of sulfonamides is 1. The van der Waals surface area contributed by atoms with Crippen LogP contribution in [-0.4, -0.2) is 58.5 Å². The molecule has 0 unspecified atom stereocenters. The molecule has 0 amide bonds. The number of aryl methyl sites for hydroxylation is 1. The fourth-order valence-corrected chi connectivity index (χ4v) is 5.69. The molecular formula is C20H19ClN6O2S. The number of hydrogen-bond donors (Lipinski definition) is 0. The first kappa shape index (κ1) is 19.2. The highest BCUT2D eigenvalue weighted by molar-refractivity contribution is 7.89. The molecule has 2 aromatic heterocycles. The van der Waals surface area contributed by atoms with Gasteiger partial charge in [-0.2, -0.15) is 8.82 Å². The van der Waals surface area contributed by atoms with Crippen molar-refractivity contribution in [1.82, 2.24) is 23.9 Å². The third kappa shape index (κ3) is 3.10. The summed E-state index contributed by atoms with van der Waals surface area (Å²) in [6, 6.07) is 14.3. The fourth-order valence-electron chi connectivity index (χ4n) is 3.77. The van der Waals surface area contributed by atoms with Crippen molar-refractivity contribution in [3.63, 3.8) is 0 Å². The Morgan fingerprint density at radius 1 is 0.933 bits per heavy atom. The Hall–Kier alpha value is -2.75. The van der Waals surface area contributed by atoms with E-state index < -0.39 is 10.0 Å². The molecule has 1 saturated heterocycles. The lowest BCUT2D eigenvalue weighted by Crippen LogP contribution is -2.49. The van der Waals surface area contributed by atoms with Crippen LogP contribution in [0.5, 0.6) is 0 Å². The minimum absolute atomic E-state index is 0.137. The maximum atomic E-state index is 13.0. The molecule has 8 nitrogen and oxygen atoms in total. The number of para-hydroxylation sites is 1. The van der Waals surface area contributed by atoms with Crippen molar-refractivity contribution in [2.75, 3.05) is 31.1 Å². The van der Waals surface area contributed by atoms with Gasteiger partial charge in [0.25, 0.3) is 0 Å². The number of rotatable bonds is 3. The molecule has 1 fully saturated rings. The third-order valence-corrected chi connectivity index (χ3v) is 7.64. The van der Waals surface area contributed by atoms with Crippen LogP contribution in [0.4, 0.5) is 5.95 Å². The van der Waals surface area contributed by atoms with Crippen molar-refractivity contribution in [2.45, 2.75) is 11.8 Å². The van der Waals surface area contributed by atoms with E-state index in [9.17, 15) is 8.42 Å². The zero-order valence-electron chi connectivity index (χ0n) is 16.2. The second-order valence-corrected chi connectivity index (χ2v) is 9.46. The van der Waals surface area contributed by atoms with Crippen LogP contribution in [0.3, 0.4) is 0 Å². The number of aromatic nitrogens is 4. The van der Waals surface area contributed by atoms with Crippen LogP contribution in [0.2, 0.25) is 5.02 Å². The highest BCUT2D eigenvalue weighted by Crippen LogP contribution is 2.27. The summed E-state index contributed by atoms with van der Waals surface area (Å²) in [7, 11) is -3.65. The number of anilines is 1. The topological polar surface area (TPSA) is 83.7 Å². The van der Waals surface area contributed by atoms with E-state index >= 15 is 0 Å². The lowest BCUT2D eigenvalue weighted by atomic mass is 10.2. The molecule has 0 atom stereocenters. The summed E-state index contributed by atoms with van der Waals surface area (Å²) >= 11 is 6.13. The second-order valence-electron chi connectivity index (χ2n) is 7.14. The molecule has 1 aliphatic heterocycles. The quantitative estimate of drug-likeness (QED) is 0.485. The average Bonchev–Trinajstić information content (AvgIpc) is 3.15. The highest BCUT2D eigenvalue weighted by atomic mass is 35.5. The van der Waals surface area contributed by atoms with Gasteiger partial charge in [0.15, 0.2) is 5.65 Å². The van der Waals surface area contributed by atoms with Gasteiger partial charge in [0.1, 0.15) is 10.7 Å². The van der Waals surface area contributed by atoms with Gasteiger partial charge in [-0.3, -0.25) is 0 Å². The van der Waals surface area contributed by atoms with Gasteiger partial charge in [0.2, 0.25) is 16.0 Å². The van der Waals surface area contributed by atoms with Crippen molar-refractivity contribution in [3.05, 3.63) is 59.4 Å². The van der Waals surface area contributed by atoms with Gasteiger partial charge in [-0.25, -0.2) is 18.4 Å². The van der Waals surface area contributed by atoms with Gasteiger partial charge in [-0.1, -0.05) is 35.9 Å². The summed E-state index contributed by atoms with van der Waals surface area (Å²) in [4.78, 5) is 11.5. The van der Waals surface area contributed by atoms with Crippen LogP contribution in [0.1, 0.15) is 5.82 Å². The standard InChI is InChI=1S/C20H19ClN6O2S/c1-14-22-19-15-6-2-4-8-17(15)23-20(27(19)24-14)25-10-12-26(13-11-25)30(28,29)18-9-5-3-7-16(18)21/h2-9H,10-13H2,1H3. The van der Waals surface area contributed by atoms with E-state index in [0.29, 0.717) is 38.0 Å². The Morgan fingerprint density at radius 2 is 1.63 bits per heavy atom. The van der Waals surface area contributed by atoms with Crippen molar-refractivity contribution in [2.24, 2.45) is 0 Å². The maximum Gasteiger partial charge on any atom is 0.244 e. The van der Waals surface area contributed by atoms with Gasteiger partial charge in [0, 0.05) is 31.6 Å². The molecule has 0 spiro atoms. The van der Waals surface area contributed by atoms with Gasteiger partial charge in [-0.05, 0) is 31.2 Å². The monoisotopic (exact) mass is 442 g/mol. The van der Waals surface area contributed by atoms with Crippen molar-refractivity contribution < 1.29 is 8.42 Å². The first-order valence-corrected chi connectivity index (χ1v) is 11.4. The summed E-state index contributed by atoms with van der Waals surface area (Å²) in [5.41, 5.74) is 1.58. The molecule has 0 aliphatic carbocycles. The molecule has 2 aromatic carbocycles. The molecular weight excluding hydrogens is 424 g/mol. The molecule has 4 aromatic rings. The van der Waals surface area contributed by atoms with E-state index in [2.05, 4.69) is 10.1 Å². The normalized spacial score (nSPS) is 15.9. The Labute approximate surface area is 178 Å². The molecule has 0 N–H and O–H groups in total. The number of hydrogen-bond acceptors (Lipinski definition) is 6. The average molecular weight is 443 g/mol. The van der Waals surface area contributed by atoms with Crippen LogP contribution in [0.25, 0.3) is 16.6 Å². The molecule has 0 bridgehead atoms. The summed E-state index contributed by atoms with van der Waals surface area (Å²) in [5.74, 6) is 1.33. The fraction of sp³-hybridized carbons (Fsp3) is 0.250. The number of halogens is 1. The van der Waals surface area contributed by atoms with Crippen molar-refractivity contribution in [1.29, 1.82) is 0 Å². The van der Waals surface area contributed by atoms with Gasteiger partial charge in [-0.15, -0.1) is 5.10 Å². The van der Waals surface area contributed by atoms with E-state index in [1.807, 2.05) is 36.1 Å². The minimum atomic E-state index is -3.65. The van der Waals surface area contributed by atoms with Crippen molar-refractivity contribution >= 4 is 44.1 Å².